The van der Waals surface area contributed by atoms with Gasteiger partial charge in [-0.25, -0.2) is 18.7 Å². The van der Waals surface area contributed by atoms with E-state index in [-0.39, 0.29) is 91.0 Å². The summed E-state index contributed by atoms with van der Waals surface area (Å²) in [7, 11) is 0. The Hall–Kier alpha value is -0.984. The number of fused-ring (bicyclic) bond motifs is 2. The molecule has 2 saturated heterocycles. The van der Waals surface area contributed by atoms with Crippen LogP contribution in [-0.4, -0.2) is 44.4 Å². The first-order valence-electron chi connectivity index (χ1n) is 10.2. The topological polar surface area (TPSA) is 98.2 Å². The molecule has 2 aliphatic rings. The Morgan fingerprint density at radius 3 is 2.31 bits per heavy atom. The van der Waals surface area contributed by atoms with Gasteiger partial charge in [0, 0.05) is 34.9 Å². The number of pyridine rings is 1. The molecule has 0 atom stereocenters. The van der Waals surface area contributed by atoms with Crippen LogP contribution in [0.4, 0.5) is 14.6 Å². The molecule has 2 aromatic rings. The van der Waals surface area contributed by atoms with Crippen LogP contribution in [0.2, 0.25) is 0 Å². The first-order valence-corrected chi connectivity index (χ1v) is 11.0. The van der Waals surface area contributed by atoms with Crippen LogP contribution in [0.25, 0.3) is 10.4 Å². The number of hydrogen-bond donors (Lipinski definition) is 1. The second kappa shape index (κ2) is 9.71. The number of nitrogens with zero attached hydrogens (tertiary/aromatic N) is 3. The third-order valence-corrected chi connectivity index (χ3v) is 6.68. The molecule has 11 heteroatoms. The fourth-order valence-corrected chi connectivity index (χ4v) is 5.32. The van der Waals surface area contributed by atoms with Crippen molar-refractivity contribution >= 4 is 29.0 Å². The Balaban J connectivity index is 0.00000289. The summed E-state index contributed by atoms with van der Waals surface area (Å²) in [5, 5.41) is 14.1. The summed E-state index contributed by atoms with van der Waals surface area (Å²) < 4.78 is 27.9. The number of carbonyl (C=O) groups excluding carboxylic acids is 2. The monoisotopic (exact) mass is 488 g/mol. The maximum Gasteiger partial charge on any atom is 1.00 e. The molecule has 0 aliphatic carbocycles. The van der Waals surface area contributed by atoms with E-state index in [9.17, 15) is 23.5 Å². The van der Waals surface area contributed by atoms with Crippen LogP contribution in [0.15, 0.2) is 12.3 Å². The van der Waals surface area contributed by atoms with Crippen LogP contribution in [0.1, 0.15) is 78.7 Å². The standard InChI is InChI=1S/C21H24F2N4O3S.K/c1-21(2,3)26-14-8-12(17(22)23)13(9-24-14)16-15(25-18(31-16)20(29)30)19(28)27-10-4-5-11(27)7-6-10;/h8-11,17H,4-7H2,1-3H3,(H,24,26)(H,29,30);/q;+1/p-1/t10-,11+;. The van der Waals surface area contributed by atoms with Crippen molar-refractivity contribution in [1.82, 2.24) is 14.9 Å². The summed E-state index contributed by atoms with van der Waals surface area (Å²) in [6, 6.07) is 1.41. The first kappa shape index (κ1) is 25.6. The molecule has 0 aromatic carbocycles. The first-order chi connectivity index (χ1) is 14.5. The summed E-state index contributed by atoms with van der Waals surface area (Å²) in [5.41, 5.74) is -0.845. The number of alkyl halides is 2. The van der Waals surface area contributed by atoms with Gasteiger partial charge in [-0.15, -0.1) is 11.3 Å². The number of carbonyl (C=O) groups is 2. The predicted molar refractivity (Wildman–Crippen MR) is 110 cm³/mol. The number of aromatic nitrogens is 2. The molecular weight excluding hydrogens is 465 g/mol. The quantitative estimate of drug-likeness (QED) is 0.615. The molecule has 7 nitrogen and oxygen atoms in total. The molecule has 4 rings (SSSR count). The van der Waals surface area contributed by atoms with E-state index in [1.54, 1.807) is 4.90 Å². The van der Waals surface area contributed by atoms with E-state index in [0.29, 0.717) is 11.3 Å². The van der Waals surface area contributed by atoms with Crippen molar-refractivity contribution in [2.45, 2.75) is 70.5 Å². The average molecular weight is 489 g/mol. The second-order valence-corrected chi connectivity index (χ2v) is 9.99. The minimum Gasteiger partial charge on any atom is -0.542 e. The molecule has 166 valence electrons. The summed E-state index contributed by atoms with van der Waals surface area (Å²) in [6.45, 7) is 5.63. The van der Waals surface area contributed by atoms with E-state index in [2.05, 4.69) is 15.3 Å². The molecule has 1 N–H and O–H groups in total. The zero-order valence-corrected chi connectivity index (χ0v) is 22.4. The van der Waals surface area contributed by atoms with Crippen molar-refractivity contribution < 1.29 is 74.9 Å². The van der Waals surface area contributed by atoms with Crippen LogP contribution >= 0.6 is 11.3 Å². The molecule has 2 aromatic heterocycles. The number of amides is 1. The summed E-state index contributed by atoms with van der Waals surface area (Å²) in [4.78, 5) is 34.8. The number of anilines is 1. The number of hydrogen-bond acceptors (Lipinski definition) is 7. The maximum absolute atomic E-state index is 14.0. The predicted octanol–water partition coefficient (Wildman–Crippen LogP) is 0.488. The van der Waals surface area contributed by atoms with E-state index in [0.717, 1.165) is 25.7 Å². The van der Waals surface area contributed by atoms with E-state index in [4.69, 9.17) is 0 Å². The zero-order chi connectivity index (χ0) is 22.5. The Bertz CT molecular complexity index is 1020. The summed E-state index contributed by atoms with van der Waals surface area (Å²) >= 11 is 0.667. The molecule has 2 bridgehead atoms. The molecule has 2 aliphatic heterocycles. The minimum atomic E-state index is -2.85. The number of rotatable bonds is 5. The number of halogens is 2. The Kier molecular flexibility index (Phi) is 7.78. The smallest absolute Gasteiger partial charge is 0.542 e. The van der Waals surface area contributed by atoms with E-state index < -0.39 is 28.8 Å². The zero-order valence-electron chi connectivity index (χ0n) is 18.4. The minimum absolute atomic E-state index is 0. The number of carboxylic acid groups (broad SMARTS) is 1. The van der Waals surface area contributed by atoms with Crippen LogP contribution in [0, 0.1) is 0 Å². The van der Waals surface area contributed by atoms with Crippen LogP contribution in [0.5, 0.6) is 0 Å². The van der Waals surface area contributed by atoms with Gasteiger partial charge in [0.05, 0.1) is 4.88 Å². The summed E-state index contributed by atoms with van der Waals surface area (Å²) in [5.74, 6) is -1.70. The Morgan fingerprint density at radius 1 is 1.22 bits per heavy atom. The van der Waals surface area contributed by atoms with Crippen molar-refractivity contribution in [3.63, 3.8) is 0 Å². The van der Waals surface area contributed by atoms with Crippen molar-refractivity contribution in [2.75, 3.05) is 5.32 Å². The number of aromatic carboxylic acids is 1. The normalized spacial score (nSPS) is 19.9. The van der Waals surface area contributed by atoms with Gasteiger partial charge in [0.2, 0.25) is 0 Å². The molecule has 0 radical (unpaired) electrons. The van der Waals surface area contributed by atoms with E-state index in [1.807, 2.05) is 20.8 Å². The van der Waals surface area contributed by atoms with E-state index >= 15 is 0 Å². The van der Waals surface area contributed by atoms with Crippen molar-refractivity contribution in [1.29, 1.82) is 0 Å². The van der Waals surface area contributed by atoms with Gasteiger partial charge in [-0.1, -0.05) is 0 Å². The van der Waals surface area contributed by atoms with Crippen molar-refractivity contribution in [3.05, 3.63) is 28.5 Å². The average Bonchev–Trinajstić information content (AvgIpc) is 3.40. The molecule has 1 amide bonds. The number of thiazole rings is 1. The maximum atomic E-state index is 14.0. The van der Waals surface area contributed by atoms with Gasteiger partial charge < -0.3 is 20.1 Å². The number of nitrogens with one attached hydrogen (secondary N) is 1. The van der Waals surface area contributed by atoms with Crippen molar-refractivity contribution in [2.24, 2.45) is 0 Å². The van der Waals surface area contributed by atoms with Gasteiger partial charge in [0.1, 0.15) is 22.5 Å². The third-order valence-electron chi connectivity index (χ3n) is 5.61. The van der Waals surface area contributed by atoms with Crippen LogP contribution < -0.4 is 61.8 Å². The van der Waals surface area contributed by atoms with Gasteiger partial charge in [-0.3, -0.25) is 4.79 Å². The van der Waals surface area contributed by atoms with E-state index in [1.165, 1.54) is 12.3 Å². The SMILES string of the molecule is CC(C)(C)Nc1cc(C(F)F)c(-c2sc(C(=O)[O-])nc2C(=O)N2[C@H]3CC[C@@H]2CC3)cn1.[K+]. The van der Waals surface area contributed by atoms with Gasteiger partial charge in [0.25, 0.3) is 12.3 Å². The summed E-state index contributed by atoms with van der Waals surface area (Å²) in [6.07, 6.45) is 1.95. The van der Waals surface area contributed by atoms with Crippen LogP contribution in [0.3, 0.4) is 0 Å². The molecular formula is C21H23F2KN4O3S. The van der Waals surface area contributed by atoms with Gasteiger partial charge in [0.15, 0.2) is 0 Å². The molecule has 0 saturated carbocycles. The Labute approximate surface area is 231 Å². The largest absolute Gasteiger partial charge is 1.00 e. The van der Waals surface area contributed by atoms with Gasteiger partial charge in [-0.05, 0) is 52.5 Å². The van der Waals surface area contributed by atoms with Crippen LogP contribution in [-0.2, 0) is 0 Å². The second-order valence-electron chi connectivity index (χ2n) is 8.99. The molecule has 32 heavy (non-hydrogen) atoms. The fourth-order valence-electron chi connectivity index (χ4n) is 4.40. The molecule has 0 spiro atoms. The molecule has 0 unspecified atom stereocenters. The molecule has 4 heterocycles. The van der Waals surface area contributed by atoms with Gasteiger partial charge >= 0.3 is 51.4 Å². The fraction of sp³-hybridized carbons (Fsp3) is 0.524. The number of carboxylic acids is 1. The third kappa shape index (κ3) is 5.07. The van der Waals surface area contributed by atoms with Gasteiger partial charge in [-0.2, -0.15) is 0 Å². The molecule has 2 fully saturated rings. The van der Waals surface area contributed by atoms with Crippen molar-refractivity contribution in [3.8, 4) is 10.4 Å². The Morgan fingerprint density at radius 2 is 1.81 bits per heavy atom.